The van der Waals surface area contributed by atoms with E-state index in [0.29, 0.717) is 5.75 Å². The SMILES string of the molecule is Cc1ccc(C2(C(=O)Nc3ccc(OCC(=O)N4CCCC4)cc3)CCCC2)cc1. The molecule has 2 aromatic carbocycles. The largest absolute Gasteiger partial charge is 0.484 e. The van der Waals surface area contributed by atoms with Gasteiger partial charge in [-0.15, -0.1) is 0 Å². The summed E-state index contributed by atoms with van der Waals surface area (Å²) >= 11 is 0. The van der Waals surface area contributed by atoms with E-state index in [1.54, 1.807) is 12.1 Å². The number of amides is 2. The summed E-state index contributed by atoms with van der Waals surface area (Å²) in [6.45, 7) is 3.78. The van der Waals surface area contributed by atoms with Gasteiger partial charge >= 0.3 is 0 Å². The van der Waals surface area contributed by atoms with Crippen molar-refractivity contribution in [3.05, 3.63) is 59.7 Å². The van der Waals surface area contributed by atoms with E-state index in [0.717, 1.165) is 62.9 Å². The van der Waals surface area contributed by atoms with Crippen molar-refractivity contribution in [2.45, 2.75) is 50.9 Å². The number of rotatable bonds is 6. The molecule has 1 saturated heterocycles. The van der Waals surface area contributed by atoms with E-state index < -0.39 is 5.41 Å². The summed E-state index contributed by atoms with van der Waals surface area (Å²) in [5.41, 5.74) is 2.59. The molecule has 1 aliphatic carbocycles. The predicted octanol–water partition coefficient (Wildman–Crippen LogP) is 4.45. The molecule has 2 fully saturated rings. The van der Waals surface area contributed by atoms with Crippen LogP contribution in [0.2, 0.25) is 0 Å². The van der Waals surface area contributed by atoms with Crippen LogP contribution in [0.3, 0.4) is 0 Å². The number of hydrogen-bond donors (Lipinski definition) is 1. The van der Waals surface area contributed by atoms with E-state index in [2.05, 4.69) is 36.5 Å². The molecule has 0 aromatic heterocycles. The average Bonchev–Trinajstić information content (AvgIpc) is 3.46. The molecule has 5 heteroatoms. The lowest BCUT2D eigenvalue weighted by Crippen LogP contribution is -2.38. The lowest BCUT2D eigenvalue weighted by molar-refractivity contribution is -0.132. The van der Waals surface area contributed by atoms with E-state index in [1.165, 1.54) is 5.56 Å². The molecule has 30 heavy (non-hydrogen) atoms. The number of ether oxygens (including phenoxy) is 1. The minimum absolute atomic E-state index is 0.0335. The third-order valence-corrected chi connectivity index (χ3v) is 6.43. The number of hydrogen-bond acceptors (Lipinski definition) is 3. The van der Waals surface area contributed by atoms with Gasteiger partial charge in [-0.3, -0.25) is 9.59 Å². The first-order valence-corrected chi connectivity index (χ1v) is 11.0. The summed E-state index contributed by atoms with van der Waals surface area (Å²) in [5.74, 6) is 0.725. The Morgan fingerprint density at radius 1 is 0.933 bits per heavy atom. The lowest BCUT2D eigenvalue weighted by atomic mass is 9.77. The van der Waals surface area contributed by atoms with Crippen LogP contribution in [0.25, 0.3) is 0 Å². The molecule has 0 atom stereocenters. The molecule has 2 amide bonds. The smallest absolute Gasteiger partial charge is 0.260 e. The number of nitrogens with one attached hydrogen (secondary N) is 1. The fourth-order valence-electron chi connectivity index (χ4n) is 4.59. The maximum absolute atomic E-state index is 13.3. The third kappa shape index (κ3) is 4.35. The van der Waals surface area contributed by atoms with Crippen molar-refractivity contribution in [3.8, 4) is 5.75 Å². The highest BCUT2D eigenvalue weighted by molar-refractivity contribution is 5.99. The summed E-state index contributed by atoms with van der Waals surface area (Å²) < 4.78 is 5.64. The second kappa shape index (κ2) is 8.90. The summed E-state index contributed by atoms with van der Waals surface area (Å²) in [4.78, 5) is 27.2. The van der Waals surface area contributed by atoms with Gasteiger partial charge in [0.15, 0.2) is 6.61 Å². The van der Waals surface area contributed by atoms with Crippen molar-refractivity contribution in [1.82, 2.24) is 4.90 Å². The Labute approximate surface area is 178 Å². The molecule has 0 spiro atoms. The van der Waals surface area contributed by atoms with Crippen LogP contribution in [0.15, 0.2) is 48.5 Å². The molecule has 1 heterocycles. The van der Waals surface area contributed by atoms with Crippen LogP contribution in [0.5, 0.6) is 5.75 Å². The van der Waals surface area contributed by atoms with Gasteiger partial charge in [0, 0.05) is 18.8 Å². The first-order chi connectivity index (χ1) is 14.6. The van der Waals surface area contributed by atoms with Crippen molar-refractivity contribution in [3.63, 3.8) is 0 Å². The summed E-state index contributed by atoms with van der Waals surface area (Å²) in [7, 11) is 0. The van der Waals surface area contributed by atoms with Crippen LogP contribution in [0.4, 0.5) is 5.69 Å². The Hall–Kier alpha value is -2.82. The Balaban J connectivity index is 1.38. The van der Waals surface area contributed by atoms with Crippen LogP contribution in [-0.2, 0) is 15.0 Å². The Bertz CT molecular complexity index is 878. The molecule has 0 radical (unpaired) electrons. The highest BCUT2D eigenvalue weighted by atomic mass is 16.5. The van der Waals surface area contributed by atoms with Crippen molar-refractivity contribution in [2.24, 2.45) is 0 Å². The number of aryl methyl sites for hydroxylation is 1. The van der Waals surface area contributed by atoms with Gasteiger partial charge in [0.25, 0.3) is 5.91 Å². The van der Waals surface area contributed by atoms with E-state index in [9.17, 15) is 9.59 Å². The molecule has 5 nitrogen and oxygen atoms in total. The molecular weight excluding hydrogens is 376 g/mol. The molecule has 1 N–H and O–H groups in total. The molecule has 1 aliphatic heterocycles. The van der Waals surface area contributed by atoms with Crippen molar-refractivity contribution < 1.29 is 14.3 Å². The van der Waals surface area contributed by atoms with Gasteiger partial charge in [0.1, 0.15) is 5.75 Å². The number of likely N-dealkylation sites (tertiary alicyclic amines) is 1. The zero-order valence-corrected chi connectivity index (χ0v) is 17.7. The summed E-state index contributed by atoms with van der Waals surface area (Å²) in [5, 5.41) is 3.10. The van der Waals surface area contributed by atoms with E-state index >= 15 is 0 Å². The molecule has 2 aliphatic rings. The first-order valence-electron chi connectivity index (χ1n) is 11.0. The van der Waals surface area contributed by atoms with Crippen LogP contribution in [0, 0.1) is 6.92 Å². The van der Waals surface area contributed by atoms with Gasteiger partial charge in [0.05, 0.1) is 5.41 Å². The van der Waals surface area contributed by atoms with E-state index in [-0.39, 0.29) is 18.4 Å². The summed E-state index contributed by atoms with van der Waals surface area (Å²) in [6, 6.07) is 15.6. The van der Waals surface area contributed by atoms with Crippen molar-refractivity contribution >= 4 is 17.5 Å². The molecule has 4 rings (SSSR count). The molecule has 158 valence electrons. The predicted molar refractivity (Wildman–Crippen MR) is 118 cm³/mol. The standard InChI is InChI=1S/C25H30N2O3/c1-19-6-8-20(9-7-19)25(14-2-3-15-25)24(29)26-21-10-12-22(13-11-21)30-18-23(28)27-16-4-5-17-27/h6-13H,2-5,14-18H2,1H3,(H,26,29). The quantitative estimate of drug-likeness (QED) is 0.771. The zero-order valence-electron chi connectivity index (χ0n) is 17.7. The van der Waals surface area contributed by atoms with Gasteiger partial charge in [0.2, 0.25) is 5.91 Å². The minimum atomic E-state index is -0.453. The number of benzene rings is 2. The van der Waals surface area contributed by atoms with Crippen LogP contribution in [-0.4, -0.2) is 36.4 Å². The maximum Gasteiger partial charge on any atom is 0.260 e. The fourth-order valence-corrected chi connectivity index (χ4v) is 4.59. The van der Waals surface area contributed by atoms with Gasteiger partial charge in [-0.05, 0) is 62.4 Å². The zero-order chi connectivity index (χ0) is 21.0. The lowest BCUT2D eigenvalue weighted by Gasteiger charge is -2.28. The van der Waals surface area contributed by atoms with Crippen LogP contribution in [0.1, 0.15) is 49.7 Å². The molecule has 2 aromatic rings. The van der Waals surface area contributed by atoms with Crippen molar-refractivity contribution in [2.75, 3.05) is 25.0 Å². The highest BCUT2D eigenvalue weighted by Gasteiger charge is 2.42. The van der Waals surface area contributed by atoms with E-state index in [1.807, 2.05) is 17.0 Å². The summed E-state index contributed by atoms with van der Waals surface area (Å²) in [6.07, 6.45) is 6.04. The molecule has 1 saturated carbocycles. The van der Waals surface area contributed by atoms with Gasteiger partial charge in [-0.2, -0.15) is 0 Å². The Morgan fingerprint density at radius 2 is 1.57 bits per heavy atom. The first kappa shape index (κ1) is 20.5. The van der Waals surface area contributed by atoms with Crippen LogP contribution >= 0.6 is 0 Å². The van der Waals surface area contributed by atoms with Crippen molar-refractivity contribution in [1.29, 1.82) is 0 Å². The second-order valence-electron chi connectivity index (χ2n) is 8.51. The Morgan fingerprint density at radius 3 is 2.20 bits per heavy atom. The minimum Gasteiger partial charge on any atom is -0.484 e. The maximum atomic E-state index is 13.3. The fraction of sp³-hybridized carbons (Fsp3) is 0.440. The monoisotopic (exact) mass is 406 g/mol. The Kier molecular flexibility index (Phi) is 6.07. The normalized spacial score (nSPS) is 17.7. The van der Waals surface area contributed by atoms with Gasteiger partial charge < -0.3 is 15.0 Å². The number of carbonyl (C=O) groups excluding carboxylic acids is 2. The van der Waals surface area contributed by atoms with Gasteiger partial charge in [-0.1, -0.05) is 42.7 Å². The number of anilines is 1. The van der Waals surface area contributed by atoms with Gasteiger partial charge in [-0.25, -0.2) is 0 Å². The van der Waals surface area contributed by atoms with Crippen LogP contribution < -0.4 is 10.1 Å². The second-order valence-corrected chi connectivity index (χ2v) is 8.51. The molecular formula is C25H30N2O3. The number of nitrogens with zero attached hydrogens (tertiary/aromatic N) is 1. The number of carbonyl (C=O) groups is 2. The third-order valence-electron chi connectivity index (χ3n) is 6.43. The molecule has 0 unspecified atom stereocenters. The van der Waals surface area contributed by atoms with E-state index in [4.69, 9.17) is 4.74 Å². The highest BCUT2D eigenvalue weighted by Crippen LogP contribution is 2.42. The molecule has 0 bridgehead atoms. The average molecular weight is 407 g/mol. The topological polar surface area (TPSA) is 58.6 Å².